The number of benzene rings is 3. The highest BCUT2D eigenvalue weighted by molar-refractivity contribution is 9.12. The summed E-state index contributed by atoms with van der Waals surface area (Å²) in [6, 6.07) is 24.4. The molecule has 0 aliphatic rings. The van der Waals surface area contributed by atoms with E-state index in [0.29, 0.717) is 6.54 Å². The normalized spacial score (nSPS) is 12.6. The van der Waals surface area contributed by atoms with Gasteiger partial charge in [-0.25, -0.2) is 0 Å². The molecule has 0 heterocycles. The summed E-state index contributed by atoms with van der Waals surface area (Å²) in [7, 11) is 0. The van der Waals surface area contributed by atoms with Crippen molar-refractivity contribution >= 4 is 38.8 Å². The van der Waals surface area contributed by atoms with Crippen molar-refractivity contribution in [1.29, 1.82) is 0 Å². The van der Waals surface area contributed by atoms with Gasteiger partial charge in [0.1, 0.15) is 0 Å². The van der Waals surface area contributed by atoms with E-state index >= 15 is 0 Å². The number of allylic oxidation sites excluding steroid dienone is 2. The average molecular weight is 573 g/mol. The van der Waals surface area contributed by atoms with Crippen molar-refractivity contribution in [3.63, 3.8) is 0 Å². The Labute approximate surface area is 236 Å². The Morgan fingerprint density at radius 3 is 2.13 bits per heavy atom. The number of hydrogen-bond donors (Lipinski definition) is 1. The van der Waals surface area contributed by atoms with Gasteiger partial charge in [-0.2, -0.15) is 0 Å². The van der Waals surface area contributed by atoms with Gasteiger partial charge in [0.2, 0.25) is 0 Å². The first-order valence-electron chi connectivity index (χ1n) is 12.7. The lowest BCUT2D eigenvalue weighted by Gasteiger charge is -2.09. The van der Waals surface area contributed by atoms with Crippen LogP contribution in [0.2, 0.25) is 0 Å². The summed E-state index contributed by atoms with van der Waals surface area (Å²) in [5.74, 6) is 0.128. The second-order valence-corrected chi connectivity index (χ2v) is 9.96. The molecule has 198 valence electrons. The van der Waals surface area contributed by atoms with E-state index in [1.165, 1.54) is 22.9 Å². The Morgan fingerprint density at radius 2 is 1.58 bits per heavy atom. The molecule has 0 fully saturated rings. The fourth-order valence-electron chi connectivity index (χ4n) is 3.59. The van der Waals surface area contributed by atoms with Crippen molar-refractivity contribution in [1.82, 2.24) is 0 Å². The lowest BCUT2D eigenvalue weighted by atomic mass is 10.0. The number of aliphatic imine (C=N–C) groups is 2. The maximum atomic E-state index is 10.8. The molecule has 0 saturated heterocycles. The van der Waals surface area contributed by atoms with Gasteiger partial charge >= 0.3 is 0 Å². The van der Waals surface area contributed by atoms with E-state index in [9.17, 15) is 4.79 Å². The zero-order valence-electron chi connectivity index (χ0n) is 23.3. The first kappa shape index (κ1) is 30.7. The van der Waals surface area contributed by atoms with E-state index < -0.39 is 0 Å². The first-order chi connectivity index (χ1) is 18.1. The number of nitrogens with two attached hydrogens (primary N) is 1. The number of halogens is 1. The topological polar surface area (TPSA) is 67.8 Å². The third-order valence-corrected chi connectivity index (χ3v) is 6.75. The lowest BCUT2D eigenvalue weighted by molar-refractivity contribution is 0.101. The number of rotatable bonds is 8. The quantitative estimate of drug-likeness (QED) is 0.218. The highest BCUT2D eigenvalue weighted by atomic mass is 79.9. The fraction of sp³-hybridized carbons (Fsp3) is 0.242. The molecule has 4 nitrogen and oxygen atoms in total. The summed E-state index contributed by atoms with van der Waals surface area (Å²) >= 11 is 3.45. The van der Waals surface area contributed by atoms with Gasteiger partial charge in [0.15, 0.2) is 5.78 Å². The molecular formula is C33H38BrN3O. The van der Waals surface area contributed by atoms with E-state index in [1.807, 2.05) is 63.2 Å². The molecule has 0 spiro atoms. The average Bonchev–Trinajstić information content (AvgIpc) is 2.92. The molecule has 0 amide bonds. The van der Waals surface area contributed by atoms with E-state index in [4.69, 9.17) is 15.7 Å². The van der Waals surface area contributed by atoms with Crippen molar-refractivity contribution in [3.05, 3.63) is 123 Å². The van der Waals surface area contributed by atoms with Gasteiger partial charge in [0.25, 0.3) is 0 Å². The monoisotopic (exact) mass is 571 g/mol. The van der Waals surface area contributed by atoms with Crippen molar-refractivity contribution in [2.24, 2.45) is 15.7 Å². The summed E-state index contributed by atoms with van der Waals surface area (Å²) < 4.78 is 0.776. The number of nitrogens with zero attached hydrogens (tertiary/aromatic N) is 2. The van der Waals surface area contributed by atoms with Gasteiger partial charge in [0, 0.05) is 23.0 Å². The van der Waals surface area contributed by atoms with E-state index in [-0.39, 0.29) is 5.78 Å². The van der Waals surface area contributed by atoms with E-state index in [2.05, 4.69) is 66.2 Å². The van der Waals surface area contributed by atoms with Crippen molar-refractivity contribution in [3.8, 4) is 0 Å². The molecular weight excluding hydrogens is 534 g/mol. The molecule has 3 aromatic carbocycles. The van der Waals surface area contributed by atoms with Gasteiger partial charge in [-0.05, 0) is 85.8 Å². The van der Waals surface area contributed by atoms with Crippen LogP contribution < -0.4 is 5.73 Å². The highest BCUT2D eigenvalue weighted by Gasteiger charge is 2.07. The molecule has 0 atom stereocenters. The molecule has 3 aromatic rings. The zero-order chi connectivity index (χ0) is 28.1. The molecule has 5 heteroatoms. The molecule has 0 unspecified atom stereocenters. The lowest BCUT2D eigenvalue weighted by Crippen LogP contribution is -1.98. The summed E-state index contributed by atoms with van der Waals surface area (Å²) in [6.07, 6.45) is 4.59. The van der Waals surface area contributed by atoms with Crippen LogP contribution >= 0.6 is 15.9 Å². The van der Waals surface area contributed by atoms with Crippen LogP contribution in [0.25, 0.3) is 5.70 Å². The van der Waals surface area contributed by atoms with Gasteiger partial charge < -0.3 is 5.73 Å². The minimum Gasteiger partial charge on any atom is -0.404 e. The minimum atomic E-state index is 0.128. The van der Waals surface area contributed by atoms with Crippen molar-refractivity contribution in [2.45, 2.75) is 54.5 Å². The van der Waals surface area contributed by atoms with Gasteiger partial charge in [-0.15, -0.1) is 0 Å². The van der Waals surface area contributed by atoms with E-state index in [0.717, 1.165) is 44.7 Å². The maximum Gasteiger partial charge on any atom is 0.159 e. The Balaban J connectivity index is 0.000000423. The zero-order valence-corrected chi connectivity index (χ0v) is 24.8. The van der Waals surface area contributed by atoms with Crippen LogP contribution in [-0.2, 0) is 13.0 Å². The molecule has 2 N–H and O–H groups in total. The van der Waals surface area contributed by atoms with Crippen LogP contribution in [0.4, 0.5) is 0 Å². The van der Waals surface area contributed by atoms with Crippen LogP contribution in [0.5, 0.6) is 0 Å². The second kappa shape index (κ2) is 15.6. The Bertz CT molecular complexity index is 1350. The Kier molecular flexibility index (Phi) is 12.6. The third-order valence-electron chi connectivity index (χ3n) is 5.91. The van der Waals surface area contributed by atoms with Gasteiger partial charge in [0.05, 0.1) is 22.4 Å². The molecule has 0 aromatic heterocycles. The predicted molar refractivity (Wildman–Crippen MR) is 167 cm³/mol. The van der Waals surface area contributed by atoms with Crippen molar-refractivity contribution < 1.29 is 4.79 Å². The van der Waals surface area contributed by atoms with Crippen molar-refractivity contribution in [2.75, 3.05) is 0 Å². The minimum absolute atomic E-state index is 0.128. The number of carbonyl (C=O) groups excluding carboxylic acids is 1. The molecule has 0 aliphatic carbocycles. The molecule has 38 heavy (non-hydrogen) atoms. The maximum absolute atomic E-state index is 10.8. The Morgan fingerprint density at radius 1 is 0.921 bits per heavy atom. The fourth-order valence-corrected chi connectivity index (χ4v) is 3.68. The molecule has 3 rings (SSSR count). The Hall–Kier alpha value is -3.57. The third kappa shape index (κ3) is 10.1. The summed E-state index contributed by atoms with van der Waals surface area (Å²) in [4.78, 5) is 20.3. The number of hydrogen-bond acceptors (Lipinski definition) is 4. The molecule has 0 radical (unpaired) electrons. The largest absolute Gasteiger partial charge is 0.404 e. The molecule has 0 aliphatic heterocycles. The number of aryl methyl sites for hydroxylation is 3. The van der Waals surface area contributed by atoms with Crippen LogP contribution in [0, 0.1) is 13.8 Å². The summed E-state index contributed by atoms with van der Waals surface area (Å²) in [6.45, 7) is 12.4. The van der Waals surface area contributed by atoms with Crippen LogP contribution in [0.1, 0.15) is 65.9 Å². The summed E-state index contributed by atoms with van der Waals surface area (Å²) in [5.41, 5.74) is 15.0. The van der Waals surface area contributed by atoms with Crippen LogP contribution in [0.3, 0.4) is 0 Å². The summed E-state index contributed by atoms with van der Waals surface area (Å²) in [5, 5.41) is 0. The van der Waals surface area contributed by atoms with Gasteiger partial charge in [-0.3, -0.25) is 14.8 Å². The number of Topliss-reactive ketones (excluding diaryl/α,β-unsaturated/α-hetero) is 1. The number of ketones is 1. The standard InChI is InChI=1S/C24H28BrN3.C9H10O/c1-5-20-10-12-21(13-11-20)16-27-18(3)14-24(28-19(4)23(25)15-26)22-9-7-6-8-17(22)2;1-7-4-3-5-9(6-7)8(2)10/h6-15H,5,16,26H2,1-4H3;3-6H,1-2H3/b23-15+,24-14-,27-18?,28-19-;. The molecule has 0 bridgehead atoms. The smallest absolute Gasteiger partial charge is 0.159 e. The van der Waals surface area contributed by atoms with Gasteiger partial charge in [-0.1, -0.05) is 79.2 Å². The highest BCUT2D eigenvalue weighted by Crippen LogP contribution is 2.22. The van der Waals surface area contributed by atoms with Crippen LogP contribution in [0.15, 0.2) is 99.5 Å². The number of carbonyl (C=O) groups is 1. The second-order valence-electron chi connectivity index (χ2n) is 9.11. The molecule has 0 saturated carbocycles. The van der Waals surface area contributed by atoms with E-state index in [1.54, 1.807) is 6.92 Å². The van der Waals surface area contributed by atoms with Crippen LogP contribution in [-0.4, -0.2) is 17.2 Å². The predicted octanol–water partition coefficient (Wildman–Crippen LogP) is 8.41. The first-order valence-corrected chi connectivity index (χ1v) is 13.5. The SMILES string of the molecule is CC(=O)c1cccc(C)c1.CCc1ccc(CN=C(C)\C=C(/N=C(C)\C(Br)=C/N)c2ccccc2C)cc1.